The molecule has 0 aromatic heterocycles. The third-order valence-electron chi connectivity index (χ3n) is 5.44. The van der Waals surface area contributed by atoms with Crippen LogP contribution in [0.25, 0.3) is 0 Å². The van der Waals surface area contributed by atoms with Crippen LogP contribution in [0, 0.1) is 0 Å². The van der Waals surface area contributed by atoms with Crippen LogP contribution in [0.1, 0.15) is 41.6 Å². The first-order valence-corrected chi connectivity index (χ1v) is 10.5. The maximum atomic E-state index is 12.7. The van der Waals surface area contributed by atoms with Crippen molar-refractivity contribution in [2.24, 2.45) is 0 Å². The first kappa shape index (κ1) is 19.8. The SMILES string of the molecule is O=C(NC1CC1)c1ccc(OCC2CCCN2C(=O)Cc2ccc(Cl)cc2)cc1. The minimum Gasteiger partial charge on any atom is -0.491 e. The molecule has 6 heteroatoms. The zero-order valence-electron chi connectivity index (χ0n) is 16.3. The Hall–Kier alpha value is -2.53. The number of hydrogen-bond donors (Lipinski definition) is 1. The van der Waals surface area contributed by atoms with E-state index in [4.69, 9.17) is 16.3 Å². The van der Waals surface area contributed by atoms with Gasteiger partial charge in [-0.2, -0.15) is 0 Å². The second kappa shape index (κ2) is 8.87. The molecule has 0 radical (unpaired) electrons. The minimum absolute atomic E-state index is 0.0335. The summed E-state index contributed by atoms with van der Waals surface area (Å²) in [5.74, 6) is 0.796. The average Bonchev–Trinajstić information content (AvgIpc) is 3.41. The molecule has 0 bridgehead atoms. The normalized spacial score (nSPS) is 18.5. The molecule has 1 aliphatic heterocycles. The summed E-state index contributed by atoms with van der Waals surface area (Å²) in [5.41, 5.74) is 1.61. The fourth-order valence-corrected chi connectivity index (χ4v) is 3.73. The van der Waals surface area contributed by atoms with Gasteiger partial charge in [-0.1, -0.05) is 23.7 Å². The maximum absolute atomic E-state index is 12.7. The van der Waals surface area contributed by atoms with Crippen molar-refractivity contribution in [3.8, 4) is 5.75 Å². The van der Waals surface area contributed by atoms with Gasteiger partial charge in [-0.15, -0.1) is 0 Å². The van der Waals surface area contributed by atoms with Crippen molar-refractivity contribution >= 4 is 23.4 Å². The van der Waals surface area contributed by atoms with Crippen LogP contribution in [-0.4, -0.2) is 41.9 Å². The molecule has 2 fully saturated rings. The van der Waals surface area contributed by atoms with Crippen molar-refractivity contribution in [1.29, 1.82) is 0 Å². The van der Waals surface area contributed by atoms with Crippen LogP contribution >= 0.6 is 11.6 Å². The number of nitrogens with one attached hydrogen (secondary N) is 1. The Morgan fingerprint density at radius 2 is 1.76 bits per heavy atom. The maximum Gasteiger partial charge on any atom is 0.251 e. The number of carbonyl (C=O) groups is 2. The Morgan fingerprint density at radius 3 is 2.45 bits per heavy atom. The molecule has 5 nitrogen and oxygen atoms in total. The molecule has 4 rings (SSSR count). The number of rotatable bonds is 7. The highest BCUT2D eigenvalue weighted by atomic mass is 35.5. The Labute approximate surface area is 176 Å². The Morgan fingerprint density at radius 1 is 1.03 bits per heavy atom. The smallest absolute Gasteiger partial charge is 0.251 e. The summed E-state index contributed by atoms with van der Waals surface area (Å²) in [6, 6.07) is 15.0. The highest BCUT2D eigenvalue weighted by molar-refractivity contribution is 6.30. The second-order valence-corrected chi connectivity index (χ2v) is 8.21. The number of likely N-dealkylation sites (tertiary alicyclic amines) is 1. The highest BCUT2D eigenvalue weighted by Crippen LogP contribution is 2.22. The van der Waals surface area contributed by atoms with Gasteiger partial charge in [0, 0.05) is 23.2 Å². The molecule has 2 aromatic rings. The summed E-state index contributed by atoms with van der Waals surface area (Å²) in [5, 5.41) is 3.65. The molecule has 1 saturated carbocycles. The van der Waals surface area contributed by atoms with Crippen LogP contribution in [-0.2, 0) is 11.2 Å². The van der Waals surface area contributed by atoms with Crippen molar-refractivity contribution in [2.75, 3.05) is 13.2 Å². The number of amides is 2. The van der Waals surface area contributed by atoms with E-state index in [1.165, 1.54) is 0 Å². The molecule has 2 amide bonds. The molecule has 1 unspecified atom stereocenters. The lowest BCUT2D eigenvalue weighted by Crippen LogP contribution is -2.39. The van der Waals surface area contributed by atoms with E-state index in [-0.39, 0.29) is 17.9 Å². The minimum atomic E-state index is -0.0335. The van der Waals surface area contributed by atoms with Crippen LogP contribution in [0.3, 0.4) is 0 Å². The molecular formula is C23H25ClN2O3. The molecule has 1 aliphatic carbocycles. The largest absolute Gasteiger partial charge is 0.491 e. The summed E-state index contributed by atoms with van der Waals surface area (Å²) in [6.45, 7) is 1.22. The van der Waals surface area contributed by atoms with Crippen molar-refractivity contribution < 1.29 is 14.3 Å². The van der Waals surface area contributed by atoms with E-state index in [1.54, 1.807) is 12.1 Å². The number of hydrogen-bond acceptors (Lipinski definition) is 3. The van der Waals surface area contributed by atoms with Gasteiger partial charge in [0.05, 0.1) is 12.5 Å². The third kappa shape index (κ3) is 5.30. The molecule has 0 spiro atoms. The number of benzene rings is 2. The topological polar surface area (TPSA) is 58.6 Å². The van der Waals surface area contributed by atoms with Crippen LogP contribution in [0.4, 0.5) is 0 Å². The quantitative estimate of drug-likeness (QED) is 0.751. The summed E-state index contributed by atoms with van der Waals surface area (Å²) in [6.07, 6.45) is 4.44. The predicted molar refractivity (Wildman–Crippen MR) is 112 cm³/mol. The number of carbonyl (C=O) groups excluding carboxylic acids is 2. The van der Waals surface area contributed by atoms with Crippen molar-refractivity contribution in [3.63, 3.8) is 0 Å². The van der Waals surface area contributed by atoms with E-state index >= 15 is 0 Å². The Balaban J connectivity index is 1.29. The van der Waals surface area contributed by atoms with Gasteiger partial charge in [0.2, 0.25) is 5.91 Å². The lowest BCUT2D eigenvalue weighted by atomic mass is 10.1. The summed E-state index contributed by atoms with van der Waals surface area (Å²) in [4.78, 5) is 26.7. The van der Waals surface area contributed by atoms with Gasteiger partial charge in [0.25, 0.3) is 5.91 Å². The van der Waals surface area contributed by atoms with Gasteiger partial charge in [-0.25, -0.2) is 0 Å². The van der Waals surface area contributed by atoms with Crippen molar-refractivity contribution in [2.45, 2.75) is 44.2 Å². The van der Waals surface area contributed by atoms with E-state index in [1.807, 2.05) is 41.3 Å². The fraction of sp³-hybridized carbons (Fsp3) is 0.391. The number of ether oxygens (including phenoxy) is 1. The van der Waals surface area contributed by atoms with Gasteiger partial charge < -0.3 is 15.0 Å². The molecule has 2 aliphatic rings. The molecule has 1 N–H and O–H groups in total. The average molecular weight is 413 g/mol. The molecule has 1 saturated heterocycles. The molecule has 1 atom stereocenters. The molecule has 29 heavy (non-hydrogen) atoms. The zero-order valence-corrected chi connectivity index (χ0v) is 17.0. The number of halogens is 1. The van der Waals surface area contributed by atoms with E-state index in [9.17, 15) is 9.59 Å². The molecule has 152 valence electrons. The Bertz CT molecular complexity index is 863. The van der Waals surface area contributed by atoms with Crippen LogP contribution < -0.4 is 10.1 Å². The number of nitrogens with zero attached hydrogens (tertiary/aromatic N) is 1. The van der Waals surface area contributed by atoms with Crippen LogP contribution in [0.15, 0.2) is 48.5 Å². The van der Waals surface area contributed by atoms with Crippen molar-refractivity contribution in [3.05, 3.63) is 64.7 Å². The monoisotopic (exact) mass is 412 g/mol. The summed E-state index contributed by atoms with van der Waals surface area (Å²) >= 11 is 5.92. The first-order valence-electron chi connectivity index (χ1n) is 10.2. The predicted octanol–water partition coefficient (Wildman–Crippen LogP) is 3.84. The summed E-state index contributed by atoms with van der Waals surface area (Å²) < 4.78 is 5.92. The Kier molecular flexibility index (Phi) is 6.05. The van der Waals surface area contributed by atoms with Crippen LogP contribution in [0.2, 0.25) is 5.02 Å². The van der Waals surface area contributed by atoms with E-state index in [2.05, 4.69) is 5.32 Å². The second-order valence-electron chi connectivity index (χ2n) is 7.77. The van der Waals surface area contributed by atoms with E-state index in [0.29, 0.717) is 35.4 Å². The van der Waals surface area contributed by atoms with Gasteiger partial charge in [0.1, 0.15) is 12.4 Å². The third-order valence-corrected chi connectivity index (χ3v) is 5.69. The lowest BCUT2D eigenvalue weighted by molar-refractivity contribution is -0.131. The fourth-order valence-electron chi connectivity index (χ4n) is 3.61. The van der Waals surface area contributed by atoms with E-state index in [0.717, 1.165) is 37.8 Å². The molecular weight excluding hydrogens is 388 g/mol. The van der Waals surface area contributed by atoms with E-state index < -0.39 is 0 Å². The zero-order chi connectivity index (χ0) is 20.2. The molecule has 1 heterocycles. The standard InChI is InChI=1S/C23H25ClN2O3/c24-18-7-3-16(4-8-18)14-22(27)26-13-1-2-20(26)15-29-21-11-5-17(6-12-21)23(28)25-19-9-10-19/h3-8,11-12,19-20H,1-2,9-10,13-15H2,(H,25,28). The summed E-state index contributed by atoms with van der Waals surface area (Å²) in [7, 11) is 0. The van der Waals surface area contributed by atoms with Gasteiger partial charge in [-0.3, -0.25) is 9.59 Å². The highest BCUT2D eigenvalue weighted by Gasteiger charge is 2.29. The lowest BCUT2D eigenvalue weighted by Gasteiger charge is -2.25. The van der Waals surface area contributed by atoms with Gasteiger partial charge in [-0.05, 0) is 67.6 Å². The first-order chi connectivity index (χ1) is 14.1. The van der Waals surface area contributed by atoms with Gasteiger partial charge >= 0.3 is 0 Å². The van der Waals surface area contributed by atoms with Crippen molar-refractivity contribution in [1.82, 2.24) is 10.2 Å². The van der Waals surface area contributed by atoms with Crippen LogP contribution in [0.5, 0.6) is 5.75 Å². The van der Waals surface area contributed by atoms with Gasteiger partial charge in [0.15, 0.2) is 0 Å². The molecule has 2 aromatic carbocycles.